The van der Waals surface area contributed by atoms with Crippen LogP contribution in [0.1, 0.15) is 20.3 Å². The molecule has 1 fully saturated rings. The number of rotatable bonds is 3. The van der Waals surface area contributed by atoms with E-state index >= 15 is 0 Å². The number of aliphatic hydroxyl groups is 1. The van der Waals surface area contributed by atoms with Crippen LogP contribution in [0.25, 0.3) is 0 Å². The van der Waals surface area contributed by atoms with Gasteiger partial charge in [-0.05, 0) is 27.3 Å². The molecule has 1 aliphatic rings. The molecule has 1 unspecified atom stereocenters. The highest BCUT2D eigenvalue weighted by Crippen LogP contribution is 2.22. The molecule has 0 aliphatic carbocycles. The van der Waals surface area contributed by atoms with Crippen LogP contribution < -0.4 is 0 Å². The molecule has 0 aromatic rings. The average molecular weight is 200 g/mol. The summed E-state index contributed by atoms with van der Waals surface area (Å²) in [6, 6.07) is -0.0675. The molecule has 0 bridgehead atoms. The molecule has 1 aliphatic heterocycles. The molecule has 82 valence electrons. The minimum absolute atomic E-state index is 0.0665. The van der Waals surface area contributed by atoms with Gasteiger partial charge >= 0.3 is 0 Å². The van der Waals surface area contributed by atoms with Gasteiger partial charge < -0.3 is 10.0 Å². The summed E-state index contributed by atoms with van der Waals surface area (Å²) in [6.45, 7) is 4.77. The first-order valence-corrected chi connectivity index (χ1v) is 4.99. The quantitative estimate of drug-likeness (QED) is 0.693. The molecule has 1 N–H and O–H groups in total. The first kappa shape index (κ1) is 11.5. The van der Waals surface area contributed by atoms with Crippen molar-refractivity contribution in [1.29, 1.82) is 0 Å². The van der Waals surface area contributed by atoms with E-state index in [0.29, 0.717) is 0 Å². The lowest BCUT2D eigenvalue weighted by atomic mass is 10.0. The lowest BCUT2D eigenvalue weighted by molar-refractivity contribution is -0.132. The van der Waals surface area contributed by atoms with Crippen molar-refractivity contribution < 1.29 is 9.90 Å². The maximum absolute atomic E-state index is 11.7. The van der Waals surface area contributed by atoms with Crippen molar-refractivity contribution >= 4 is 5.91 Å². The van der Waals surface area contributed by atoms with Gasteiger partial charge in [0, 0.05) is 19.1 Å². The summed E-state index contributed by atoms with van der Waals surface area (Å²) < 4.78 is 0. The fourth-order valence-corrected chi connectivity index (χ4v) is 1.70. The molecule has 1 saturated heterocycles. The molecule has 0 aromatic carbocycles. The first-order valence-electron chi connectivity index (χ1n) is 4.99. The normalized spacial score (nSPS) is 23.7. The highest BCUT2D eigenvalue weighted by Gasteiger charge is 2.38. The first-order chi connectivity index (χ1) is 6.40. The van der Waals surface area contributed by atoms with Gasteiger partial charge in [-0.25, -0.2) is 0 Å². The second-order valence-electron chi connectivity index (χ2n) is 4.65. The third kappa shape index (κ3) is 1.91. The summed E-state index contributed by atoms with van der Waals surface area (Å²) in [5, 5.41) is 9.21. The Morgan fingerprint density at radius 2 is 2.21 bits per heavy atom. The standard InChI is InChI=1S/C10H20N2O2/c1-10(2,7-13)12(4)8-5-6-11(3)9(8)14/h8,13H,5-7H2,1-4H3. The van der Waals surface area contributed by atoms with Crippen molar-refractivity contribution in [2.75, 3.05) is 27.2 Å². The molecule has 1 amide bonds. The van der Waals surface area contributed by atoms with E-state index in [1.165, 1.54) is 0 Å². The summed E-state index contributed by atoms with van der Waals surface area (Å²) in [7, 11) is 3.72. The van der Waals surface area contributed by atoms with Crippen LogP contribution in [0, 0.1) is 0 Å². The predicted octanol–water partition coefficient (Wildman–Crippen LogP) is -0.0802. The van der Waals surface area contributed by atoms with E-state index in [4.69, 9.17) is 0 Å². The molecule has 1 heterocycles. The number of nitrogens with zero attached hydrogens (tertiary/aromatic N) is 2. The second kappa shape index (κ2) is 3.87. The Balaban J connectivity index is 2.71. The predicted molar refractivity (Wildman–Crippen MR) is 55.0 cm³/mol. The van der Waals surface area contributed by atoms with Gasteiger partial charge in [0.1, 0.15) is 0 Å². The maximum Gasteiger partial charge on any atom is 0.239 e. The van der Waals surface area contributed by atoms with E-state index in [-0.39, 0.29) is 24.1 Å². The van der Waals surface area contributed by atoms with Gasteiger partial charge in [-0.2, -0.15) is 0 Å². The molecular formula is C10H20N2O2. The van der Waals surface area contributed by atoms with Gasteiger partial charge in [0.2, 0.25) is 5.91 Å². The Kier molecular flexibility index (Phi) is 3.17. The summed E-state index contributed by atoms with van der Waals surface area (Å²) in [4.78, 5) is 15.4. The fraction of sp³-hybridized carbons (Fsp3) is 0.900. The molecule has 0 saturated carbocycles. The number of carbonyl (C=O) groups is 1. The van der Waals surface area contributed by atoms with E-state index in [2.05, 4.69) is 0 Å². The number of hydrogen-bond donors (Lipinski definition) is 1. The number of carbonyl (C=O) groups excluding carboxylic acids is 1. The molecule has 0 radical (unpaired) electrons. The Labute approximate surface area is 85.5 Å². The minimum atomic E-state index is -0.328. The third-order valence-electron chi connectivity index (χ3n) is 3.21. The summed E-state index contributed by atoms with van der Waals surface area (Å²) in [5.41, 5.74) is -0.328. The van der Waals surface area contributed by atoms with Crippen LogP contribution in [0.4, 0.5) is 0 Å². The van der Waals surface area contributed by atoms with E-state index in [0.717, 1.165) is 13.0 Å². The minimum Gasteiger partial charge on any atom is -0.394 e. The van der Waals surface area contributed by atoms with Crippen LogP contribution in [0.3, 0.4) is 0 Å². The lowest BCUT2D eigenvalue weighted by Gasteiger charge is -2.37. The molecule has 0 spiro atoms. The van der Waals surface area contributed by atoms with Crippen LogP contribution in [0.15, 0.2) is 0 Å². The smallest absolute Gasteiger partial charge is 0.239 e. The monoisotopic (exact) mass is 200 g/mol. The van der Waals surface area contributed by atoms with Crippen molar-refractivity contribution in [2.24, 2.45) is 0 Å². The van der Waals surface area contributed by atoms with Gasteiger partial charge in [-0.15, -0.1) is 0 Å². The Morgan fingerprint density at radius 1 is 1.64 bits per heavy atom. The molecule has 4 nitrogen and oxygen atoms in total. The number of likely N-dealkylation sites (N-methyl/N-ethyl adjacent to an activating group) is 2. The van der Waals surface area contributed by atoms with Gasteiger partial charge in [-0.3, -0.25) is 9.69 Å². The zero-order valence-corrected chi connectivity index (χ0v) is 9.45. The summed E-state index contributed by atoms with van der Waals surface area (Å²) >= 11 is 0. The Morgan fingerprint density at radius 3 is 2.57 bits per heavy atom. The lowest BCUT2D eigenvalue weighted by Crippen LogP contribution is -2.52. The fourth-order valence-electron chi connectivity index (χ4n) is 1.70. The molecule has 1 atom stereocenters. The Bertz CT molecular complexity index is 228. The SMILES string of the molecule is CN1CCC(N(C)C(C)(C)CO)C1=O. The van der Waals surface area contributed by atoms with Crippen LogP contribution >= 0.6 is 0 Å². The second-order valence-corrected chi connectivity index (χ2v) is 4.65. The maximum atomic E-state index is 11.7. The number of amides is 1. The summed E-state index contributed by atoms with van der Waals surface area (Å²) in [5.74, 6) is 0.161. The highest BCUT2D eigenvalue weighted by atomic mass is 16.3. The van der Waals surface area contributed by atoms with Crippen molar-refractivity contribution in [3.05, 3.63) is 0 Å². The van der Waals surface area contributed by atoms with Gasteiger partial charge in [0.05, 0.1) is 12.6 Å². The molecule has 0 aromatic heterocycles. The number of hydrogen-bond acceptors (Lipinski definition) is 3. The van der Waals surface area contributed by atoms with Crippen molar-refractivity contribution in [1.82, 2.24) is 9.80 Å². The van der Waals surface area contributed by atoms with Gasteiger partial charge in [-0.1, -0.05) is 0 Å². The zero-order chi connectivity index (χ0) is 10.9. The van der Waals surface area contributed by atoms with E-state index < -0.39 is 0 Å². The average Bonchev–Trinajstić information content (AvgIpc) is 2.47. The number of aliphatic hydroxyl groups excluding tert-OH is 1. The van der Waals surface area contributed by atoms with E-state index in [1.54, 1.807) is 4.90 Å². The zero-order valence-electron chi connectivity index (χ0n) is 9.45. The van der Waals surface area contributed by atoms with Crippen LogP contribution in [0.5, 0.6) is 0 Å². The van der Waals surface area contributed by atoms with Crippen molar-refractivity contribution in [3.63, 3.8) is 0 Å². The topological polar surface area (TPSA) is 43.8 Å². The van der Waals surface area contributed by atoms with Crippen molar-refractivity contribution in [3.8, 4) is 0 Å². The van der Waals surface area contributed by atoms with Gasteiger partial charge in [0.15, 0.2) is 0 Å². The van der Waals surface area contributed by atoms with Crippen LogP contribution in [0.2, 0.25) is 0 Å². The number of likely N-dealkylation sites (tertiary alicyclic amines) is 1. The highest BCUT2D eigenvalue weighted by molar-refractivity contribution is 5.83. The molecule has 4 heteroatoms. The van der Waals surface area contributed by atoms with Crippen LogP contribution in [-0.2, 0) is 4.79 Å². The van der Waals surface area contributed by atoms with Gasteiger partial charge in [0.25, 0.3) is 0 Å². The largest absolute Gasteiger partial charge is 0.394 e. The van der Waals surface area contributed by atoms with E-state index in [1.807, 2.05) is 32.8 Å². The van der Waals surface area contributed by atoms with Crippen LogP contribution in [-0.4, -0.2) is 59.6 Å². The molecule has 1 rings (SSSR count). The summed E-state index contributed by atoms with van der Waals surface area (Å²) in [6.07, 6.45) is 0.856. The Hall–Kier alpha value is -0.610. The van der Waals surface area contributed by atoms with Crippen molar-refractivity contribution in [2.45, 2.75) is 31.8 Å². The van der Waals surface area contributed by atoms with E-state index in [9.17, 15) is 9.90 Å². The molecule has 14 heavy (non-hydrogen) atoms. The molecular weight excluding hydrogens is 180 g/mol. The third-order valence-corrected chi connectivity index (χ3v) is 3.21.